The number of aliphatic hydroxyl groups is 1. The second-order valence-electron chi connectivity index (χ2n) is 26.7. The predicted molar refractivity (Wildman–Crippen MR) is 358 cm³/mol. The number of aliphatic hydroxyl groups excluding tert-OH is 1. The molecule has 0 saturated carbocycles. The van der Waals surface area contributed by atoms with Crippen molar-refractivity contribution >= 4 is 13.7 Å². The quantitative estimate of drug-likeness (QED) is 0.0272. The topological polar surface area (TPSA) is 108 Å². The van der Waals surface area contributed by atoms with Crippen LogP contribution < -0.4 is 10.2 Å². The molecular weight excluding hydrogens is 1030 g/mol. The molecule has 0 aliphatic heterocycles. The second-order valence-corrected chi connectivity index (χ2v) is 28.1. The average molecular weight is 1180 g/mol. The summed E-state index contributed by atoms with van der Waals surface area (Å²) < 4.78 is 23.6. The highest BCUT2D eigenvalue weighted by atomic mass is 31.2. The Bertz CT molecular complexity index is 1390. The van der Waals surface area contributed by atoms with E-state index in [0.29, 0.717) is 23.9 Å². The summed E-state index contributed by atoms with van der Waals surface area (Å²) in [7, 11) is 1.32. The third kappa shape index (κ3) is 66.5. The van der Waals surface area contributed by atoms with E-state index < -0.39 is 20.0 Å². The molecule has 0 aromatic rings. The molecular formula is C73H145N2O6P. The Morgan fingerprint density at radius 3 is 1.01 bits per heavy atom. The van der Waals surface area contributed by atoms with Crippen molar-refractivity contribution in [1.82, 2.24) is 5.32 Å². The number of hydrogen-bond donors (Lipinski definition) is 2. The predicted octanol–water partition coefficient (Wildman–Crippen LogP) is 22.8. The number of carbonyl (C=O) groups excluding carboxylic acids is 1. The molecule has 0 radical (unpaired) electrons. The van der Waals surface area contributed by atoms with Gasteiger partial charge in [0.05, 0.1) is 39.9 Å². The number of phosphoric ester groups is 1. The molecule has 0 rings (SSSR count). The van der Waals surface area contributed by atoms with Gasteiger partial charge in [-0.05, 0) is 44.9 Å². The molecule has 8 nitrogen and oxygen atoms in total. The van der Waals surface area contributed by atoms with Gasteiger partial charge in [-0.25, -0.2) is 0 Å². The monoisotopic (exact) mass is 1180 g/mol. The van der Waals surface area contributed by atoms with E-state index in [1.807, 2.05) is 21.1 Å². The van der Waals surface area contributed by atoms with Crippen molar-refractivity contribution in [3.63, 3.8) is 0 Å². The van der Waals surface area contributed by atoms with E-state index in [0.717, 1.165) is 44.9 Å². The lowest BCUT2D eigenvalue weighted by molar-refractivity contribution is -0.870. The molecule has 0 aromatic carbocycles. The van der Waals surface area contributed by atoms with Crippen molar-refractivity contribution in [2.75, 3.05) is 40.9 Å². The highest BCUT2D eigenvalue weighted by Crippen LogP contribution is 2.38. The van der Waals surface area contributed by atoms with Crippen molar-refractivity contribution < 1.29 is 32.9 Å². The largest absolute Gasteiger partial charge is 0.756 e. The highest BCUT2D eigenvalue weighted by Gasteiger charge is 2.24. The summed E-state index contributed by atoms with van der Waals surface area (Å²) in [4.78, 5) is 25.7. The van der Waals surface area contributed by atoms with Gasteiger partial charge in [0.25, 0.3) is 7.82 Å². The summed E-state index contributed by atoms with van der Waals surface area (Å²) in [6.45, 7) is 4.78. The van der Waals surface area contributed by atoms with E-state index >= 15 is 0 Å². The first-order valence-electron chi connectivity index (χ1n) is 36.7. The number of nitrogens with zero attached hydrogens (tertiary/aromatic N) is 1. The fourth-order valence-corrected chi connectivity index (χ4v) is 12.2. The van der Waals surface area contributed by atoms with Gasteiger partial charge in [0.15, 0.2) is 0 Å². The highest BCUT2D eigenvalue weighted by molar-refractivity contribution is 7.45. The lowest BCUT2D eigenvalue weighted by Crippen LogP contribution is -2.46. The van der Waals surface area contributed by atoms with Crippen molar-refractivity contribution in [2.45, 2.75) is 398 Å². The molecule has 488 valence electrons. The normalized spacial score (nSPS) is 13.7. The maximum absolute atomic E-state index is 13.1. The Morgan fingerprint density at radius 1 is 0.427 bits per heavy atom. The van der Waals surface area contributed by atoms with Crippen LogP contribution in [0.4, 0.5) is 0 Å². The Balaban J connectivity index is 3.97. The van der Waals surface area contributed by atoms with Gasteiger partial charge in [-0.2, -0.15) is 0 Å². The van der Waals surface area contributed by atoms with Gasteiger partial charge in [-0.1, -0.05) is 359 Å². The van der Waals surface area contributed by atoms with E-state index in [-0.39, 0.29) is 19.1 Å². The number of phosphoric acid groups is 1. The number of allylic oxidation sites excluding steroid dienone is 4. The van der Waals surface area contributed by atoms with Crippen molar-refractivity contribution in [3.8, 4) is 0 Å². The Labute approximate surface area is 513 Å². The van der Waals surface area contributed by atoms with Gasteiger partial charge < -0.3 is 28.8 Å². The summed E-state index contributed by atoms with van der Waals surface area (Å²) in [5.41, 5.74) is 0. The average Bonchev–Trinajstić information content (AvgIpc) is 3.45. The molecule has 0 aromatic heterocycles. The van der Waals surface area contributed by atoms with Crippen LogP contribution in [0.5, 0.6) is 0 Å². The summed E-state index contributed by atoms with van der Waals surface area (Å²) in [6, 6.07) is -0.801. The van der Waals surface area contributed by atoms with Gasteiger partial charge in [-0.3, -0.25) is 9.36 Å². The van der Waals surface area contributed by atoms with Crippen LogP contribution in [0.3, 0.4) is 0 Å². The van der Waals surface area contributed by atoms with E-state index in [4.69, 9.17) is 9.05 Å². The standard InChI is InChI=1S/C73H145N2O6P/c1-6-8-10-12-14-16-18-20-22-24-26-28-30-32-34-35-36-37-38-39-41-42-44-46-48-50-52-54-56-58-60-62-64-66-72(76)71(70-81-82(78,79)80-69-68-75(3,4)5)74-73(77)67-65-63-61-59-57-55-53-51-49-47-45-43-40-33-31-29-27-25-23-21-19-17-15-13-11-9-7-2/h19,21,25,27,71-72,76H,6-18,20,22-24,26,28-70H2,1-5H3,(H-,74,77,78,79)/b21-19-,27-25-. The minimum absolute atomic E-state index is 0.0145. The van der Waals surface area contributed by atoms with Crippen LogP contribution in [-0.4, -0.2) is 68.5 Å². The minimum Gasteiger partial charge on any atom is -0.756 e. The second kappa shape index (κ2) is 64.5. The van der Waals surface area contributed by atoms with E-state index in [1.165, 1.54) is 315 Å². The third-order valence-electron chi connectivity index (χ3n) is 17.2. The molecule has 1 amide bonds. The molecule has 82 heavy (non-hydrogen) atoms. The molecule has 3 atom stereocenters. The SMILES string of the molecule is CCCCCCC/C=C\C/C=C\CCCCCCCCCCCCCCCCCC(=O)NC(COP(=O)([O-])OCC[N+](C)(C)C)C(O)CCCCCCCCCCCCCCCCCCCCCCCCCCCCCCCCCCC. The molecule has 0 heterocycles. The fourth-order valence-electron chi connectivity index (χ4n) is 11.5. The minimum atomic E-state index is -4.58. The number of rotatable bonds is 69. The van der Waals surface area contributed by atoms with Gasteiger partial charge >= 0.3 is 0 Å². The number of quaternary nitrogens is 1. The van der Waals surface area contributed by atoms with Crippen molar-refractivity contribution in [2.24, 2.45) is 0 Å². The van der Waals surface area contributed by atoms with Gasteiger partial charge in [0.1, 0.15) is 13.2 Å². The maximum atomic E-state index is 13.1. The summed E-state index contributed by atoms with van der Waals surface area (Å²) in [6.07, 6.45) is 84.1. The van der Waals surface area contributed by atoms with Crippen molar-refractivity contribution in [3.05, 3.63) is 24.3 Å². The molecule has 9 heteroatoms. The zero-order chi connectivity index (χ0) is 59.8. The first-order chi connectivity index (χ1) is 40.0. The molecule has 0 aliphatic carbocycles. The molecule has 3 unspecified atom stereocenters. The molecule has 0 aliphatic rings. The summed E-state index contributed by atoms with van der Waals surface area (Å²) in [5, 5.41) is 14.1. The lowest BCUT2D eigenvalue weighted by Gasteiger charge is -2.30. The van der Waals surface area contributed by atoms with Crippen LogP contribution in [-0.2, 0) is 18.4 Å². The smallest absolute Gasteiger partial charge is 0.268 e. The van der Waals surface area contributed by atoms with Gasteiger partial charge in [0.2, 0.25) is 5.91 Å². The molecule has 2 N–H and O–H groups in total. The zero-order valence-electron chi connectivity index (χ0n) is 56.0. The van der Waals surface area contributed by atoms with Gasteiger partial charge in [0, 0.05) is 6.42 Å². The van der Waals surface area contributed by atoms with Crippen molar-refractivity contribution in [1.29, 1.82) is 0 Å². The van der Waals surface area contributed by atoms with Crippen LogP contribution in [0.2, 0.25) is 0 Å². The Kier molecular flexibility index (Phi) is 63.7. The van der Waals surface area contributed by atoms with Crippen LogP contribution in [0.15, 0.2) is 24.3 Å². The lowest BCUT2D eigenvalue weighted by atomic mass is 10.0. The van der Waals surface area contributed by atoms with E-state index in [9.17, 15) is 19.4 Å². The first-order valence-corrected chi connectivity index (χ1v) is 38.1. The zero-order valence-corrected chi connectivity index (χ0v) is 56.9. The number of hydrogen-bond acceptors (Lipinski definition) is 6. The maximum Gasteiger partial charge on any atom is 0.268 e. The van der Waals surface area contributed by atoms with Gasteiger partial charge in [-0.15, -0.1) is 0 Å². The van der Waals surface area contributed by atoms with E-state index in [1.54, 1.807) is 0 Å². The molecule has 0 bridgehead atoms. The Hall–Kier alpha value is -1.02. The fraction of sp³-hybridized carbons (Fsp3) is 0.932. The third-order valence-corrected chi connectivity index (χ3v) is 18.2. The molecule has 0 saturated heterocycles. The number of carbonyl (C=O) groups is 1. The van der Waals surface area contributed by atoms with Crippen LogP contribution in [0, 0.1) is 0 Å². The molecule has 0 spiro atoms. The number of unbranched alkanes of at least 4 members (excludes halogenated alkanes) is 52. The van der Waals surface area contributed by atoms with Crippen LogP contribution in [0.25, 0.3) is 0 Å². The number of nitrogens with one attached hydrogen (secondary N) is 1. The van der Waals surface area contributed by atoms with Crippen LogP contribution in [0.1, 0.15) is 386 Å². The first kappa shape index (κ1) is 81.0. The summed E-state index contributed by atoms with van der Waals surface area (Å²) in [5.74, 6) is -0.157. The number of amides is 1. The summed E-state index contributed by atoms with van der Waals surface area (Å²) >= 11 is 0. The molecule has 0 fully saturated rings. The van der Waals surface area contributed by atoms with E-state index in [2.05, 4.69) is 43.5 Å². The number of likely N-dealkylation sites (N-methyl/N-ethyl adjacent to an activating group) is 1. The Morgan fingerprint density at radius 2 is 0.707 bits per heavy atom. The van der Waals surface area contributed by atoms with Crippen LogP contribution >= 0.6 is 7.82 Å².